The fourth-order valence-electron chi connectivity index (χ4n) is 5.61. The van der Waals surface area contributed by atoms with Gasteiger partial charge in [-0.15, -0.1) is 0 Å². The number of benzene rings is 5. The van der Waals surface area contributed by atoms with E-state index >= 15 is 0 Å². The molecule has 0 aliphatic heterocycles. The van der Waals surface area contributed by atoms with Crippen LogP contribution in [0.25, 0.3) is 66.2 Å². The summed E-state index contributed by atoms with van der Waals surface area (Å²) in [6.45, 7) is 0. The predicted octanol–water partition coefficient (Wildman–Crippen LogP) is 8.34. The van der Waals surface area contributed by atoms with Crippen molar-refractivity contribution in [3.8, 4) is 22.8 Å². The van der Waals surface area contributed by atoms with Crippen LogP contribution in [0.1, 0.15) is 0 Å². The summed E-state index contributed by atoms with van der Waals surface area (Å²) in [5.74, 6) is 0.727. The van der Waals surface area contributed by atoms with E-state index in [1.807, 2.05) is 42.7 Å². The Kier molecular flexibility index (Phi) is 4.49. The molecule has 0 radical (unpaired) electrons. The third-order valence-electron chi connectivity index (χ3n) is 7.40. The van der Waals surface area contributed by atoms with Gasteiger partial charge in [0, 0.05) is 33.6 Å². The Morgan fingerprint density at radius 3 is 1.97 bits per heavy atom. The van der Waals surface area contributed by atoms with E-state index in [-0.39, 0.29) is 0 Å². The first-order chi connectivity index (χ1) is 18.8. The van der Waals surface area contributed by atoms with Crippen LogP contribution in [0.5, 0.6) is 0 Å². The predicted molar refractivity (Wildman–Crippen MR) is 156 cm³/mol. The van der Waals surface area contributed by atoms with Crippen LogP contribution in [0.15, 0.2) is 134 Å². The van der Waals surface area contributed by atoms with Gasteiger partial charge in [0.05, 0.1) is 34.6 Å². The van der Waals surface area contributed by atoms with Crippen molar-refractivity contribution in [2.24, 2.45) is 0 Å². The molecule has 0 aliphatic carbocycles. The van der Waals surface area contributed by atoms with Crippen LogP contribution in [0.4, 0.5) is 0 Å². The molecular formula is C34H22N4. The molecule has 0 aliphatic rings. The molecule has 0 bridgehead atoms. The second kappa shape index (κ2) is 8.15. The molecule has 8 rings (SSSR count). The first-order valence-corrected chi connectivity index (χ1v) is 12.7. The minimum Gasteiger partial charge on any atom is -0.317 e. The number of nitrogens with zero attached hydrogens (tertiary/aromatic N) is 4. The van der Waals surface area contributed by atoms with Crippen LogP contribution in [0.3, 0.4) is 0 Å². The minimum absolute atomic E-state index is 0.727. The van der Waals surface area contributed by atoms with Gasteiger partial charge in [-0.2, -0.15) is 0 Å². The van der Waals surface area contributed by atoms with Gasteiger partial charge >= 0.3 is 0 Å². The first kappa shape index (κ1) is 20.9. The van der Waals surface area contributed by atoms with E-state index in [2.05, 4.69) is 100 Å². The van der Waals surface area contributed by atoms with Crippen molar-refractivity contribution in [2.75, 3.05) is 0 Å². The van der Waals surface area contributed by atoms with E-state index in [1.54, 1.807) is 0 Å². The molecule has 4 heteroatoms. The van der Waals surface area contributed by atoms with E-state index in [4.69, 9.17) is 9.97 Å². The van der Waals surface area contributed by atoms with Gasteiger partial charge in [-0.1, -0.05) is 66.7 Å². The molecule has 0 spiro atoms. The second-order valence-electron chi connectivity index (χ2n) is 9.63. The zero-order valence-corrected chi connectivity index (χ0v) is 20.5. The standard InChI is InChI=1S/C34H22N4/c1-3-9-23(10-4-1)34-35-21-28(22-36-34)38-31-14-8-7-13-29(31)30-18-25-17-24-15-16-37(27-11-5-2-6-12-27)32(24)19-26(25)20-33(30)38/h1-22H. The average molecular weight is 487 g/mol. The summed E-state index contributed by atoms with van der Waals surface area (Å²) < 4.78 is 4.53. The summed E-state index contributed by atoms with van der Waals surface area (Å²) in [5, 5.41) is 6.11. The summed E-state index contributed by atoms with van der Waals surface area (Å²) >= 11 is 0. The van der Waals surface area contributed by atoms with Crippen molar-refractivity contribution in [2.45, 2.75) is 0 Å². The summed E-state index contributed by atoms with van der Waals surface area (Å²) in [6, 6.07) is 40.6. The smallest absolute Gasteiger partial charge is 0.159 e. The van der Waals surface area contributed by atoms with Crippen LogP contribution in [-0.2, 0) is 0 Å². The molecule has 0 saturated heterocycles. The van der Waals surface area contributed by atoms with Crippen LogP contribution >= 0.6 is 0 Å². The van der Waals surface area contributed by atoms with Gasteiger partial charge in [-0.3, -0.25) is 0 Å². The first-order valence-electron chi connectivity index (χ1n) is 12.7. The molecule has 4 nitrogen and oxygen atoms in total. The lowest BCUT2D eigenvalue weighted by molar-refractivity contribution is 1.08. The van der Waals surface area contributed by atoms with Crippen LogP contribution < -0.4 is 0 Å². The molecule has 38 heavy (non-hydrogen) atoms. The molecule has 3 aromatic heterocycles. The van der Waals surface area contributed by atoms with Crippen molar-refractivity contribution < 1.29 is 0 Å². The molecule has 0 saturated carbocycles. The SMILES string of the molecule is c1ccc(-c2ncc(-n3c4ccccc4c4cc5cc6ccn(-c7ccccc7)c6cc5cc43)cn2)cc1. The molecule has 0 fully saturated rings. The van der Waals surface area contributed by atoms with Gasteiger partial charge in [0.1, 0.15) is 0 Å². The maximum absolute atomic E-state index is 4.72. The van der Waals surface area contributed by atoms with Gasteiger partial charge < -0.3 is 9.13 Å². The zero-order chi connectivity index (χ0) is 25.1. The number of para-hydroxylation sites is 2. The average Bonchev–Trinajstić information content (AvgIpc) is 3.54. The van der Waals surface area contributed by atoms with Crippen LogP contribution in [0.2, 0.25) is 0 Å². The molecule has 3 heterocycles. The highest BCUT2D eigenvalue weighted by atomic mass is 15.0. The number of hydrogen-bond donors (Lipinski definition) is 0. The fourth-order valence-corrected chi connectivity index (χ4v) is 5.61. The largest absolute Gasteiger partial charge is 0.317 e. The summed E-state index contributed by atoms with van der Waals surface area (Å²) in [6.07, 6.45) is 6.00. The third-order valence-corrected chi connectivity index (χ3v) is 7.40. The molecule has 0 atom stereocenters. The van der Waals surface area contributed by atoms with Gasteiger partial charge in [-0.05, 0) is 59.3 Å². The summed E-state index contributed by atoms with van der Waals surface area (Å²) in [7, 11) is 0. The van der Waals surface area contributed by atoms with Crippen molar-refractivity contribution in [1.82, 2.24) is 19.1 Å². The van der Waals surface area contributed by atoms with Crippen molar-refractivity contribution in [3.05, 3.63) is 134 Å². The highest BCUT2D eigenvalue weighted by Crippen LogP contribution is 2.36. The quantitative estimate of drug-likeness (QED) is 0.252. The van der Waals surface area contributed by atoms with Gasteiger partial charge in [0.15, 0.2) is 5.82 Å². The molecule has 0 N–H and O–H groups in total. The molecule has 178 valence electrons. The topological polar surface area (TPSA) is 35.6 Å². The Morgan fingerprint density at radius 1 is 0.474 bits per heavy atom. The lowest BCUT2D eigenvalue weighted by Crippen LogP contribution is -1.97. The third kappa shape index (κ3) is 3.17. The van der Waals surface area contributed by atoms with E-state index < -0.39 is 0 Å². The Hall–Kier alpha value is -5.22. The Balaban J connectivity index is 1.37. The zero-order valence-electron chi connectivity index (χ0n) is 20.5. The number of aromatic nitrogens is 4. The van der Waals surface area contributed by atoms with Crippen molar-refractivity contribution in [3.63, 3.8) is 0 Å². The van der Waals surface area contributed by atoms with Crippen molar-refractivity contribution in [1.29, 1.82) is 0 Å². The van der Waals surface area contributed by atoms with Crippen LogP contribution in [-0.4, -0.2) is 19.1 Å². The minimum atomic E-state index is 0.727. The Bertz CT molecular complexity index is 2100. The number of hydrogen-bond acceptors (Lipinski definition) is 2. The molecule has 0 unspecified atom stereocenters. The number of fused-ring (bicyclic) bond motifs is 5. The molecule has 5 aromatic carbocycles. The van der Waals surface area contributed by atoms with Gasteiger partial charge in [0.25, 0.3) is 0 Å². The highest BCUT2D eigenvalue weighted by molar-refractivity contribution is 6.15. The van der Waals surface area contributed by atoms with E-state index in [0.29, 0.717) is 0 Å². The van der Waals surface area contributed by atoms with Gasteiger partial charge in [0.2, 0.25) is 0 Å². The molecular weight excluding hydrogens is 464 g/mol. The highest BCUT2D eigenvalue weighted by Gasteiger charge is 2.15. The second-order valence-corrected chi connectivity index (χ2v) is 9.63. The lowest BCUT2D eigenvalue weighted by Gasteiger charge is -2.09. The van der Waals surface area contributed by atoms with Crippen molar-refractivity contribution >= 4 is 43.5 Å². The van der Waals surface area contributed by atoms with E-state index in [1.165, 1.54) is 32.4 Å². The van der Waals surface area contributed by atoms with E-state index in [9.17, 15) is 0 Å². The van der Waals surface area contributed by atoms with Gasteiger partial charge in [-0.25, -0.2) is 9.97 Å². The Morgan fingerprint density at radius 2 is 1.16 bits per heavy atom. The maximum Gasteiger partial charge on any atom is 0.159 e. The summed E-state index contributed by atoms with van der Waals surface area (Å²) in [4.78, 5) is 9.45. The molecule has 8 aromatic rings. The lowest BCUT2D eigenvalue weighted by atomic mass is 10.0. The normalized spacial score (nSPS) is 11.7. The Labute approximate surface area is 219 Å². The van der Waals surface area contributed by atoms with Crippen LogP contribution in [0, 0.1) is 0 Å². The fraction of sp³-hybridized carbons (Fsp3) is 0. The summed E-state index contributed by atoms with van der Waals surface area (Å²) in [5.41, 5.74) is 6.61. The molecule has 0 amide bonds. The monoisotopic (exact) mass is 486 g/mol. The van der Waals surface area contributed by atoms with E-state index in [0.717, 1.165) is 33.8 Å². The maximum atomic E-state index is 4.72. The number of rotatable bonds is 3.